The first kappa shape index (κ1) is 40.9. The van der Waals surface area contributed by atoms with E-state index in [1.807, 2.05) is 67.4 Å². The molecule has 1 saturated carbocycles. The van der Waals surface area contributed by atoms with Gasteiger partial charge >= 0.3 is 17.9 Å². The number of ether oxygens (including phenoxy) is 4. The predicted molar refractivity (Wildman–Crippen MR) is 219 cm³/mol. The normalized spacial score (nSPS) is 35.6. The molecule has 2 saturated heterocycles. The molecule has 1 unspecified atom stereocenters. The summed E-state index contributed by atoms with van der Waals surface area (Å²) in [7, 11) is 5.96. The number of esters is 3. The highest BCUT2D eigenvalue weighted by Crippen LogP contribution is 2.68. The van der Waals surface area contributed by atoms with Crippen LogP contribution in [0.5, 0.6) is 5.75 Å². The summed E-state index contributed by atoms with van der Waals surface area (Å²) in [5.41, 5.74) is -1.52. The van der Waals surface area contributed by atoms with Gasteiger partial charge in [-0.05, 0) is 74.8 Å². The Morgan fingerprint density at radius 3 is 2.45 bits per heavy atom. The van der Waals surface area contributed by atoms with Crippen molar-refractivity contribution in [2.75, 3.05) is 66.0 Å². The maximum Gasteiger partial charge on any atom is 0.344 e. The van der Waals surface area contributed by atoms with Crippen molar-refractivity contribution >= 4 is 34.5 Å². The molecule has 2 aromatic carbocycles. The SMILES string of the molecule is CC[C@]12C=CCN3CC[C@@]4(c5cc([C@@]6(C(=O)OC)C[C@@H]7C[C@@H](C(C)(F)F)CN(CCc8c6[nH]c6ccccc86)C7)c(OC)cc5N(C)[C@H]4[C@@](O)(C(=O)OC)[C@@H]1OC(C)=O)[C@@H]32. The van der Waals surface area contributed by atoms with Crippen LogP contribution in [-0.2, 0) is 45.8 Å². The number of benzene rings is 2. The number of fused-ring (bicyclic) bond motifs is 6. The molecule has 1 spiro atoms. The Labute approximate surface area is 349 Å². The highest BCUT2D eigenvalue weighted by molar-refractivity contribution is 5.95. The van der Waals surface area contributed by atoms with Gasteiger partial charge in [-0.2, -0.15) is 0 Å². The summed E-state index contributed by atoms with van der Waals surface area (Å²) >= 11 is 0. The minimum atomic E-state index is -2.93. The van der Waals surface area contributed by atoms with Crippen molar-refractivity contribution in [3.8, 4) is 5.75 Å². The number of rotatable bonds is 7. The lowest BCUT2D eigenvalue weighted by Gasteiger charge is -2.63. The van der Waals surface area contributed by atoms with E-state index < -0.39 is 63.7 Å². The second-order valence-corrected chi connectivity index (χ2v) is 18.3. The monoisotopic (exact) mass is 830 g/mol. The number of aromatic amines is 1. The second kappa shape index (κ2) is 14.0. The van der Waals surface area contributed by atoms with Gasteiger partial charge < -0.3 is 38.8 Å². The van der Waals surface area contributed by atoms with Crippen LogP contribution in [0.15, 0.2) is 48.6 Å². The van der Waals surface area contributed by atoms with Crippen LogP contribution in [0.2, 0.25) is 0 Å². The van der Waals surface area contributed by atoms with E-state index in [1.54, 1.807) is 7.11 Å². The summed E-state index contributed by atoms with van der Waals surface area (Å²) in [5, 5.41) is 14.2. The van der Waals surface area contributed by atoms with Crippen molar-refractivity contribution in [2.24, 2.45) is 17.3 Å². The molecule has 6 aliphatic rings. The molecule has 3 aromatic rings. The van der Waals surface area contributed by atoms with E-state index in [0.717, 1.165) is 29.0 Å². The van der Waals surface area contributed by atoms with Crippen molar-refractivity contribution < 1.29 is 47.2 Å². The number of alkyl halides is 2. The van der Waals surface area contributed by atoms with Crippen LogP contribution in [0.1, 0.15) is 68.8 Å². The molecule has 1 aliphatic carbocycles. The van der Waals surface area contributed by atoms with Crippen LogP contribution < -0.4 is 9.64 Å². The molecule has 0 radical (unpaired) electrons. The van der Waals surface area contributed by atoms with Gasteiger partial charge in [-0.1, -0.05) is 37.3 Å². The van der Waals surface area contributed by atoms with E-state index in [2.05, 4.69) is 14.8 Å². The third kappa shape index (κ3) is 5.31. The van der Waals surface area contributed by atoms with Crippen molar-refractivity contribution in [1.82, 2.24) is 14.8 Å². The van der Waals surface area contributed by atoms with Crippen molar-refractivity contribution in [3.05, 3.63) is 70.9 Å². The van der Waals surface area contributed by atoms with Gasteiger partial charge in [0.25, 0.3) is 0 Å². The lowest BCUT2D eigenvalue weighted by atomic mass is 9.47. The summed E-state index contributed by atoms with van der Waals surface area (Å²) in [6.07, 6.45) is 4.54. The van der Waals surface area contributed by atoms with Crippen LogP contribution in [0, 0.1) is 17.3 Å². The minimum absolute atomic E-state index is 0.155. The molecule has 5 aliphatic heterocycles. The second-order valence-electron chi connectivity index (χ2n) is 18.3. The van der Waals surface area contributed by atoms with Gasteiger partial charge in [-0.25, -0.2) is 13.6 Å². The number of aliphatic hydroxyl groups is 1. The number of aromatic nitrogens is 1. The molecule has 2 N–H and O–H groups in total. The van der Waals surface area contributed by atoms with E-state index in [9.17, 15) is 14.7 Å². The Balaban J connectivity index is 1.36. The molecule has 60 heavy (non-hydrogen) atoms. The number of nitrogens with one attached hydrogen (secondary N) is 1. The van der Waals surface area contributed by atoms with Crippen molar-refractivity contribution in [2.45, 2.75) is 93.4 Å². The molecular weight excluding hydrogens is 775 g/mol. The fraction of sp³-hybridized carbons (Fsp3) is 0.587. The van der Waals surface area contributed by atoms with Crippen LogP contribution in [0.25, 0.3) is 10.9 Å². The van der Waals surface area contributed by atoms with E-state index >= 15 is 13.6 Å². The van der Waals surface area contributed by atoms with Gasteiger partial charge in [-0.3, -0.25) is 14.5 Å². The zero-order valence-electron chi connectivity index (χ0n) is 35.5. The number of nitrogens with zero attached hydrogens (tertiary/aromatic N) is 3. The molecule has 9 rings (SSSR count). The van der Waals surface area contributed by atoms with Crippen LogP contribution in [-0.4, -0.2) is 129 Å². The zero-order chi connectivity index (χ0) is 42.7. The molecule has 0 amide bonds. The number of hydrogen-bond donors (Lipinski definition) is 2. The molecule has 322 valence electrons. The van der Waals surface area contributed by atoms with E-state index in [1.165, 1.54) is 21.1 Å². The Hall–Kier alpha value is -4.53. The number of halogens is 2. The molecule has 6 heterocycles. The molecule has 3 fully saturated rings. The summed E-state index contributed by atoms with van der Waals surface area (Å²) in [6, 6.07) is 10.5. The minimum Gasteiger partial charge on any atom is -0.496 e. The maximum absolute atomic E-state index is 15.4. The molecule has 2 bridgehead atoms. The topological polar surface area (TPSA) is 134 Å². The van der Waals surface area contributed by atoms with Crippen LogP contribution in [0.3, 0.4) is 0 Å². The molecule has 10 atom stereocenters. The van der Waals surface area contributed by atoms with Gasteiger partial charge in [0.2, 0.25) is 11.5 Å². The number of hydrogen-bond acceptors (Lipinski definition) is 11. The standard InChI is InChI=1S/C46H56F2N4O8/c1-8-43-15-11-17-52-19-16-44(37(43)52)31-21-32(35(57-5)22-34(31)50(4)38(44)46(56,41(55)59-7)39(43)60-26(2)53)45(40(54)58-6)23-27-20-28(42(3,47)48)25-51(24-27)18-14-30-29-12-9-10-13-33(29)49-36(30)45/h9-13,15,21-22,27-28,37-39,49,56H,8,14,16-20,23-25H2,1-7H3/t27-,28+,37-,38+,39+,43+,44+,45-,46-/m0/s1. The highest BCUT2D eigenvalue weighted by atomic mass is 19.3. The first-order valence-electron chi connectivity index (χ1n) is 21.2. The Kier molecular flexibility index (Phi) is 9.53. The molecular formula is C46H56F2N4O8. The quantitative estimate of drug-likeness (QED) is 0.187. The largest absolute Gasteiger partial charge is 0.496 e. The number of likely N-dealkylation sites (N-methyl/N-ethyl adjacent to an activating group) is 1. The number of anilines is 1. The number of methoxy groups -OCH3 is 3. The third-order valence-corrected chi connectivity index (χ3v) is 15.6. The number of carbonyl (C=O) groups excluding carboxylic acids is 3. The lowest BCUT2D eigenvalue weighted by molar-refractivity contribution is -0.228. The summed E-state index contributed by atoms with van der Waals surface area (Å²) in [4.78, 5) is 52.7. The lowest BCUT2D eigenvalue weighted by Crippen LogP contribution is -2.81. The summed E-state index contributed by atoms with van der Waals surface area (Å²) in [6.45, 7) is 6.80. The van der Waals surface area contributed by atoms with Gasteiger partial charge in [0.1, 0.15) is 11.2 Å². The zero-order valence-corrected chi connectivity index (χ0v) is 35.5. The first-order chi connectivity index (χ1) is 28.6. The van der Waals surface area contributed by atoms with Crippen LogP contribution in [0.4, 0.5) is 14.5 Å². The third-order valence-electron chi connectivity index (χ3n) is 15.6. The fourth-order valence-electron chi connectivity index (χ4n) is 13.4. The molecule has 14 heteroatoms. The van der Waals surface area contributed by atoms with E-state index in [4.69, 9.17) is 18.9 Å². The first-order valence-corrected chi connectivity index (χ1v) is 21.2. The summed E-state index contributed by atoms with van der Waals surface area (Å²) in [5.74, 6) is -5.90. The number of carbonyl (C=O) groups is 3. The predicted octanol–water partition coefficient (Wildman–Crippen LogP) is 5.12. The van der Waals surface area contributed by atoms with E-state index in [-0.39, 0.29) is 31.3 Å². The van der Waals surface area contributed by atoms with Gasteiger partial charge in [0.15, 0.2) is 6.10 Å². The van der Waals surface area contributed by atoms with Crippen LogP contribution >= 0.6 is 0 Å². The number of H-pyrrole nitrogens is 1. The van der Waals surface area contributed by atoms with Gasteiger partial charge in [0, 0.05) is 96.9 Å². The molecule has 12 nitrogen and oxygen atoms in total. The maximum atomic E-state index is 15.4. The highest BCUT2D eigenvalue weighted by Gasteiger charge is 2.80. The average Bonchev–Trinajstić information content (AvgIpc) is 3.89. The van der Waals surface area contributed by atoms with E-state index in [0.29, 0.717) is 68.1 Å². The fourth-order valence-corrected chi connectivity index (χ4v) is 13.4. The smallest absolute Gasteiger partial charge is 0.344 e. The van der Waals surface area contributed by atoms with Crippen molar-refractivity contribution in [3.63, 3.8) is 0 Å². The Bertz CT molecular complexity index is 2290. The van der Waals surface area contributed by atoms with Crippen molar-refractivity contribution in [1.29, 1.82) is 0 Å². The number of para-hydroxylation sites is 1. The average molecular weight is 831 g/mol. The molecule has 1 aromatic heterocycles. The summed E-state index contributed by atoms with van der Waals surface area (Å²) < 4.78 is 54.5. The van der Waals surface area contributed by atoms with Gasteiger partial charge in [-0.15, -0.1) is 0 Å². The number of piperidine rings is 1. The Morgan fingerprint density at radius 2 is 1.77 bits per heavy atom. The van der Waals surface area contributed by atoms with Gasteiger partial charge in [0.05, 0.1) is 27.4 Å². The Morgan fingerprint density at radius 1 is 1.02 bits per heavy atom.